The van der Waals surface area contributed by atoms with Gasteiger partial charge < -0.3 is 26.1 Å². The Morgan fingerprint density at radius 2 is 1.22 bits per heavy atom. The van der Waals surface area contributed by atoms with Crippen molar-refractivity contribution in [2.24, 2.45) is 11.5 Å². The van der Waals surface area contributed by atoms with E-state index in [2.05, 4.69) is 0 Å². The van der Waals surface area contributed by atoms with E-state index in [9.17, 15) is 0 Å². The van der Waals surface area contributed by atoms with Crippen molar-refractivity contribution < 1.29 is 19.2 Å². The highest BCUT2D eigenvalue weighted by Gasteiger charge is 2.00. The highest BCUT2D eigenvalue weighted by molar-refractivity contribution is 7.45. The second-order valence-electron chi connectivity index (χ2n) is 1.09. The van der Waals surface area contributed by atoms with Gasteiger partial charge in [0.15, 0.2) is 0 Å². The summed E-state index contributed by atoms with van der Waals surface area (Å²) in [5, 5.41) is 0. The van der Waals surface area contributed by atoms with Gasteiger partial charge in [0, 0.05) is 13.1 Å². The van der Waals surface area contributed by atoms with Gasteiger partial charge in [-0.25, -0.2) is 4.57 Å². The molecule has 0 unspecified atom stereocenters. The third-order valence-electron chi connectivity index (χ3n) is 0.167. The summed E-state index contributed by atoms with van der Waals surface area (Å²) in [5.74, 6) is 0. The molecule has 9 heavy (non-hydrogen) atoms. The van der Waals surface area contributed by atoms with Crippen molar-refractivity contribution in [1.82, 2.24) is 0 Å². The zero-order chi connectivity index (χ0) is 7.91. The third-order valence-corrected chi connectivity index (χ3v) is 0.167. The molecule has 7 heteroatoms. The highest BCUT2D eigenvalue weighted by Crippen LogP contribution is 2.25. The van der Waals surface area contributed by atoms with Gasteiger partial charge in [0.25, 0.3) is 0 Å². The predicted octanol–water partition coefficient (Wildman–Crippen LogP) is -2.02. The number of nitrogens with two attached hydrogens (primary N) is 2. The molecule has 0 atom stereocenters. The van der Waals surface area contributed by atoms with E-state index in [1.807, 2.05) is 0 Å². The van der Waals surface area contributed by atoms with Gasteiger partial charge in [0.2, 0.25) is 0 Å². The van der Waals surface area contributed by atoms with Crippen molar-refractivity contribution in [2.45, 2.75) is 0 Å². The molecule has 0 radical (unpaired) electrons. The van der Waals surface area contributed by atoms with Crippen molar-refractivity contribution in [2.75, 3.05) is 13.1 Å². The maximum atomic E-state index is 8.88. The molecule has 0 spiro atoms. The molecule has 0 fully saturated rings. The average Bonchev–Trinajstić information content (AvgIpc) is 1.61. The molecule has 7 N–H and O–H groups in total. The summed E-state index contributed by atoms with van der Waals surface area (Å²) < 4.78 is 8.88. The van der Waals surface area contributed by atoms with Crippen LogP contribution in [0.15, 0.2) is 0 Å². The van der Waals surface area contributed by atoms with Crippen LogP contribution >= 0.6 is 7.82 Å². The molecule has 0 bridgehead atoms. The predicted molar refractivity (Wildman–Crippen MR) is 32.4 cm³/mol. The van der Waals surface area contributed by atoms with Gasteiger partial charge in [0.1, 0.15) is 0 Å². The maximum Gasteiger partial charge on any atom is 0.466 e. The Morgan fingerprint density at radius 1 is 1.11 bits per heavy atom. The lowest BCUT2D eigenvalue weighted by Crippen LogP contribution is -2.11. The van der Waals surface area contributed by atoms with E-state index < -0.39 is 7.82 Å². The first-order chi connectivity index (χ1) is 3.91. The van der Waals surface area contributed by atoms with Crippen LogP contribution in [-0.4, -0.2) is 27.8 Å². The maximum absolute atomic E-state index is 8.88. The van der Waals surface area contributed by atoms with E-state index in [-0.39, 0.29) is 0 Å². The fraction of sp³-hybridized carbons (Fsp3) is 1.00. The number of phosphoric acid groups is 1. The molecule has 0 aromatic rings. The van der Waals surface area contributed by atoms with Crippen LogP contribution in [-0.2, 0) is 4.57 Å². The standard InChI is InChI=1S/C2H8N2.H3O4P/c3-1-2-4;1-5(2,3)4/h1-4H2;(H3,1,2,3,4). The molecular weight excluding hydrogens is 147 g/mol. The SMILES string of the molecule is NCCN.O=P(O)(O)O. The Kier molecular flexibility index (Phi) is 8.06. The second-order valence-corrected chi connectivity index (χ2v) is 2.12. The summed E-state index contributed by atoms with van der Waals surface area (Å²) in [6.07, 6.45) is 0. The summed E-state index contributed by atoms with van der Waals surface area (Å²) in [7, 11) is -4.64. The topological polar surface area (TPSA) is 130 Å². The van der Waals surface area contributed by atoms with E-state index in [0.717, 1.165) is 0 Å². The van der Waals surface area contributed by atoms with Gasteiger partial charge in [-0.05, 0) is 0 Å². The molecule has 0 aliphatic heterocycles. The largest absolute Gasteiger partial charge is 0.466 e. The Hall–Kier alpha value is 0.0300. The van der Waals surface area contributed by atoms with Crippen LogP contribution in [0.4, 0.5) is 0 Å². The lowest BCUT2D eigenvalue weighted by atomic mass is 10.7. The van der Waals surface area contributed by atoms with Gasteiger partial charge >= 0.3 is 7.82 Å². The minimum atomic E-state index is -4.64. The van der Waals surface area contributed by atoms with E-state index >= 15 is 0 Å². The molecule has 6 nitrogen and oxygen atoms in total. The van der Waals surface area contributed by atoms with Crippen molar-refractivity contribution in [3.63, 3.8) is 0 Å². The molecule has 0 aromatic heterocycles. The summed E-state index contributed by atoms with van der Waals surface area (Å²) in [6.45, 7) is 1.19. The molecule has 0 aliphatic rings. The van der Waals surface area contributed by atoms with Crippen molar-refractivity contribution in [3.05, 3.63) is 0 Å². The Balaban J connectivity index is 0. The van der Waals surface area contributed by atoms with E-state index in [1.165, 1.54) is 0 Å². The first kappa shape index (κ1) is 11.8. The molecule has 58 valence electrons. The molecule has 0 saturated heterocycles. The van der Waals surface area contributed by atoms with E-state index in [1.54, 1.807) is 0 Å². The Morgan fingerprint density at radius 3 is 1.22 bits per heavy atom. The van der Waals surface area contributed by atoms with Gasteiger partial charge in [0.05, 0.1) is 0 Å². The summed E-state index contributed by atoms with van der Waals surface area (Å²) in [6, 6.07) is 0. The van der Waals surface area contributed by atoms with Crippen molar-refractivity contribution >= 4 is 7.82 Å². The number of hydrogen-bond acceptors (Lipinski definition) is 3. The summed E-state index contributed by atoms with van der Waals surface area (Å²) in [5.41, 5.74) is 9.81. The minimum Gasteiger partial charge on any atom is -0.329 e. The van der Waals surface area contributed by atoms with Gasteiger partial charge in [-0.3, -0.25) is 0 Å². The molecule has 0 heterocycles. The molecule has 0 rings (SSSR count). The van der Waals surface area contributed by atoms with Crippen LogP contribution in [0.1, 0.15) is 0 Å². The second kappa shape index (κ2) is 6.15. The first-order valence-electron chi connectivity index (χ1n) is 2.10. The third kappa shape index (κ3) is 275. The van der Waals surface area contributed by atoms with Crippen LogP contribution in [0.2, 0.25) is 0 Å². The van der Waals surface area contributed by atoms with Gasteiger partial charge in [-0.1, -0.05) is 0 Å². The van der Waals surface area contributed by atoms with Gasteiger partial charge in [-0.2, -0.15) is 0 Å². The summed E-state index contributed by atoms with van der Waals surface area (Å²) in [4.78, 5) is 21.6. The van der Waals surface area contributed by atoms with E-state index in [4.69, 9.17) is 30.7 Å². The molecule has 0 amide bonds. The molecule has 0 aromatic carbocycles. The first-order valence-corrected chi connectivity index (χ1v) is 3.66. The van der Waals surface area contributed by atoms with Crippen molar-refractivity contribution in [3.8, 4) is 0 Å². The van der Waals surface area contributed by atoms with Crippen LogP contribution < -0.4 is 11.5 Å². The fourth-order valence-electron chi connectivity index (χ4n) is 0. The van der Waals surface area contributed by atoms with Crippen LogP contribution in [0.25, 0.3) is 0 Å². The minimum absolute atomic E-state index is 0.597. The molecular formula is C2H11N2O4P. The molecule has 0 saturated carbocycles. The van der Waals surface area contributed by atoms with Gasteiger partial charge in [-0.15, -0.1) is 0 Å². The monoisotopic (exact) mass is 158 g/mol. The molecule has 0 aliphatic carbocycles. The fourth-order valence-corrected chi connectivity index (χ4v) is 0. The van der Waals surface area contributed by atoms with Crippen LogP contribution in [0, 0.1) is 0 Å². The van der Waals surface area contributed by atoms with E-state index in [0.29, 0.717) is 13.1 Å². The lowest BCUT2D eigenvalue weighted by molar-refractivity contribution is 0.275. The zero-order valence-corrected chi connectivity index (χ0v) is 5.66. The smallest absolute Gasteiger partial charge is 0.329 e. The Bertz CT molecular complexity index is 80.3. The number of hydrogen-bond donors (Lipinski definition) is 5. The quantitative estimate of drug-likeness (QED) is 0.280. The highest BCUT2D eigenvalue weighted by atomic mass is 31.2. The average molecular weight is 158 g/mol. The van der Waals surface area contributed by atoms with Crippen molar-refractivity contribution in [1.29, 1.82) is 0 Å². The van der Waals surface area contributed by atoms with Crippen LogP contribution in [0.3, 0.4) is 0 Å². The Labute approximate surface area is 52.7 Å². The number of rotatable bonds is 1. The normalized spacial score (nSPS) is 9.89. The lowest BCUT2D eigenvalue weighted by Gasteiger charge is -1.82. The van der Waals surface area contributed by atoms with Crippen LogP contribution in [0.5, 0.6) is 0 Å². The zero-order valence-electron chi connectivity index (χ0n) is 4.77. The summed E-state index contributed by atoms with van der Waals surface area (Å²) >= 11 is 0.